The van der Waals surface area contributed by atoms with Gasteiger partial charge in [-0.1, -0.05) is 0 Å². The van der Waals surface area contributed by atoms with Gasteiger partial charge in [0.15, 0.2) is 0 Å². The van der Waals surface area contributed by atoms with Crippen LogP contribution < -0.4 is 11.5 Å². The van der Waals surface area contributed by atoms with Crippen LogP contribution in [0.2, 0.25) is 0 Å². The Bertz CT molecular complexity index is 484. The number of morpholine rings is 1. The number of rotatable bonds is 3. The van der Waals surface area contributed by atoms with Gasteiger partial charge in [-0.25, -0.2) is 4.79 Å². The largest absolute Gasteiger partial charge is 0.478 e. The Morgan fingerprint density at radius 2 is 2.00 bits per heavy atom. The summed E-state index contributed by atoms with van der Waals surface area (Å²) in [7, 11) is 0. The lowest BCUT2D eigenvalue weighted by atomic mass is 9.96. The van der Waals surface area contributed by atoms with Crippen LogP contribution in [0.3, 0.4) is 0 Å². The Morgan fingerprint density at radius 3 is 2.58 bits per heavy atom. The minimum absolute atomic E-state index is 0.0986. The van der Waals surface area contributed by atoms with Gasteiger partial charge in [0.25, 0.3) is 0 Å². The molecule has 0 radical (unpaired) electrons. The number of carbonyl (C=O) groups is 1. The maximum absolute atomic E-state index is 11.3. The van der Waals surface area contributed by atoms with Crippen LogP contribution >= 0.6 is 0 Å². The third-order valence-corrected chi connectivity index (χ3v) is 3.56. The van der Waals surface area contributed by atoms with Crippen LogP contribution in [0.25, 0.3) is 0 Å². The summed E-state index contributed by atoms with van der Waals surface area (Å²) in [5, 5.41) is 9.29. The zero-order valence-corrected chi connectivity index (χ0v) is 10.9. The molecule has 19 heavy (non-hydrogen) atoms. The van der Waals surface area contributed by atoms with Crippen molar-refractivity contribution < 1.29 is 14.6 Å². The Morgan fingerprint density at radius 1 is 1.37 bits per heavy atom. The van der Waals surface area contributed by atoms with E-state index in [1.807, 2.05) is 6.92 Å². The average molecular weight is 265 g/mol. The van der Waals surface area contributed by atoms with Gasteiger partial charge in [0.05, 0.1) is 30.2 Å². The molecule has 6 heteroatoms. The summed E-state index contributed by atoms with van der Waals surface area (Å²) in [5.41, 5.74) is 13.4. The second-order valence-electron chi connectivity index (χ2n) is 4.66. The Balaban J connectivity index is 2.41. The van der Waals surface area contributed by atoms with Gasteiger partial charge in [-0.15, -0.1) is 0 Å². The van der Waals surface area contributed by atoms with Crippen LogP contribution in [-0.4, -0.2) is 42.3 Å². The molecular weight excluding hydrogens is 246 g/mol. The second-order valence-corrected chi connectivity index (χ2v) is 4.66. The van der Waals surface area contributed by atoms with E-state index in [1.54, 1.807) is 0 Å². The van der Waals surface area contributed by atoms with E-state index in [0.717, 1.165) is 13.1 Å². The lowest BCUT2D eigenvalue weighted by molar-refractivity contribution is 0.0197. The van der Waals surface area contributed by atoms with Crippen LogP contribution in [0.4, 0.5) is 11.4 Å². The molecule has 6 nitrogen and oxygen atoms in total. The SMILES string of the molecule is CC(c1c(C(=O)O)ccc(N)c1N)N1CCOCC1. The van der Waals surface area contributed by atoms with Crippen molar-refractivity contribution in [3.05, 3.63) is 23.3 Å². The first-order valence-electron chi connectivity index (χ1n) is 6.25. The second kappa shape index (κ2) is 5.46. The van der Waals surface area contributed by atoms with Crippen LogP contribution in [0.1, 0.15) is 28.9 Å². The first kappa shape index (κ1) is 13.6. The van der Waals surface area contributed by atoms with Crippen LogP contribution in [0.5, 0.6) is 0 Å². The molecule has 0 bridgehead atoms. The van der Waals surface area contributed by atoms with Crippen LogP contribution in [0.15, 0.2) is 12.1 Å². The van der Waals surface area contributed by atoms with E-state index in [1.165, 1.54) is 12.1 Å². The van der Waals surface area contributed by atoms with E-state index in [9.17, 15) is 9.90 Å². The highest BCUT2D eigenvalue weighted by Crippen LogP contribution is 2.33. The molecule has 1 heterocycles. The van der Waals surface area contributed by atoms with Gasteiger partial charge >= 0.3 is 5.97 Å². The summed E-state index contributed by atoms with van der Waals surface area (Å²) in [5.74, 6) is -0.984. The molecule has 1 fully saturated rings. The van der Waals surface area contributed by atoms with Gasteiger partial charge in [-0.05, 0) is 19.1 Å². The third kappa shape index (κ3) is 2.64. The molecule has 0 aliphatic carbocycles. The number of benzene rings is 1. The standard InChI is InChI=1S/C13H19N3O3/c1-8(16-4-6-19-7-5-16)11-9(13(17)18)2-3-10(14)12(11)15/h2-3,8H,4-7,14-15H2,1H3,(H,17,18). The molecule has 5 N–H and O–H groups in total. The van der Waals surface area contributed by atoms with Crippen molar-refractivity contribution in [3.8, 4) is 0 Å². The number of ether oxygens (including phenoxy) is 1. The number of nitrogens with zero attached hydrogens (tertiary/aromatic N) is 1. The van der Waals surface area contributed by atoms with Crippen molar-refractivity contribution in [2.45, 2.75) is 13.0 Å². The van der Waals surface area contributed by atoms with Crippen molar-refractivity contribution in [3.63, 3.8) is 0 Å². The fourth-order valence-corrected chi connectivity index (χ4v) is 2.44. The Kier molecular flexibility index (Phi) is 3.92. The lowest BCUT2D eigenvalue weighted by Gasteiger charge is -2.33. The van der Waals surface area contributed by atoms with Crippen molar-refractivity contribution >= 4 is 17.3 Å². The molecule has 1 aliphatic rings. The maximum atomic E-state index is 11.3. The number of carboxylic acids is 1. The van der Waals surface area contributed by atoms with Crippen molar-refractivity contribution in [1.82, 2.24) is 4.90 Å². The van der Waals surface area contributed by atoms with E-state index in [4.69, 9.17) is 16.2 Å². The molecule has 2 rings (SSSR count). The summed E-state index contributed by atoms with van der Waals surface area (Å²) >= 11 is 0. The fourth-order valence-electron chi connectivity index (χ4n) is 2.44. The molecular formula is C13H19N3O3. The lowest BCUT2D eigenvalue weighted by Crippen LogP contribution is -2.38. The molecule has 0 amide bonds. The van der Waals surface area contributed by atoms with Gasteiger partial charge < -0.3 is 21.3 Å². The third-order valence-electron chi connectivity index (χ3n) is 3.56. The maximum Gasteiger partial charge on any atom is 0.336 e. The first-order chi connectivity index (χ1) is 9.02. The minimum Gasteiger partial charge on any atom is -0.478 e. The van der Waals surface area contributed by atoms with Crippen LogP contribution in [0, 0.1) is 0 Å². The summed E-state index contributed by atoms with van der Waals surface area (Å²) in [6.07, 6.45) is 0. The van der Waals surface area contributed by atoms with E-state index in [2.05, 4.69) is 4.90 Å². The highest BCUT2D eigenvalue weighted by Gasteiger charge is 2.25. The molecule has 1 unspecified atom stereocenters. The molecule has 1 aromatic rings. The summed E-state index contributed by atoms with van der Waals surface area (Å²) < 4.78 is 5.30. The molecule has 1 saturated heterocycles. The predicted octanol–water partition coefficient (Wildman–Crippen LogP) is 0.942. The quantitative estimate of drug-likeness (QED) is 0.703. The summed E-state index contributed by atoms with van der Waals surface area (Å²) in [4.78, 5) is 13.5. The van der Waals surface area contributed by atoms with Gasteiger partial charge in [0, 0.05) is 24.7 Å². The zero-order chi connectivity index (χ0) is 14.0. The van der Waals surface area contributed by atoms with Gasteiger partial charge in [0.1, 0.15) is 0 Å². The number of aromatic carboxylic acids is 1. The number of hydrogen-bond donors (Lipinski definition) is 3. The van der Waals surface area contributed by atoms with Crippen molar-refractivity contribution in [1.29, 1.82) is 0 Å². The van der Waals surface area contributed by atoms with Gasteiger partial charge in [-0.3, -0.25) is 4.90 Å². The van der Waals surface area contributed by atoms with E-state index in [-0.39, 0.29) is 11.6 Å². The molecule has 0 spiro atoms. The van der Waals surface area contributed by atoms with E-state index in [0.29, 0.717) is 30.2 Å². The van der Waals surface area contributed by atoms with E-state index >= 15 is 0 Å². The van der Waals surface area contributed by atoms with Gasteiger partial charge in [-0.2, -0.15) is 0 Å². The molecule has 1 aliphatic heterocycles. The number of carboxylic acid groups (broad SMARTS) is 1. The number of hydrogen-bond acceptors (Lipinski definition) is 5. The van der Waals surface area contributed by atoms with Crippen LogP contribution in [-0.2, 0) is 4.74 Å². The highest BCUT2D eigenvalue weighted by molar-refractivity contribution is 5.93. The number of nitrogen functional groups attached to an aromatic ring is 2. The smallest absolute Gasteiger partial charge is 0.336 e. The van der Waals surface area contributed by atoms with E-state index < -0.39 is 5.97 Å². The molecule has 0 saturated carbocycles. The molecule has 0 aromatic heterocycles. The fraction of sp³-hybridized carbons (Fsp3) is 0.462. The first-order valence-corrected chi connectivity index (χ1v) is 6.25. The highest BCUT2D eigenvalue weighted by atomic mass is 16.5. The normalized spacial score (nSPS) is 18.2. The predicted molar refractivity (Wildman–Crippen MR) is 73.0 cm³/mol. The summed E-state index contributed by atoms with van der Waals surface area (Å²) in [6, 6.07) is 2.95. The number of nitrogens with two attached hydrogens (primary N) is 2. The molecule has 1 aromatic carbocycles. The topological polar surface area (TPSA) is 102 Å². The molecule has 104 valence electrons. The summed E-state index contributed by atoms with van der Waals surface area (Å²) in [6.45, 7) is 4.76. The Labute approximate surface area is 111 Å². The Hall–Kier alpha value is -1.79. The molecule has 1 atom stereocenters. The average Bonchev–Trinajstić information content (AvgIpc) is 2.41. The minimum atomic E-state index is -0.984. The monoisotopic (exact) mass is 265 g/mol. The van der Waals surface area contributed by atoms with Crippen molar-refractivity contribution in [2.75, 3.05) is 37.8 Å². The van der Waals surface area contributed by atoms with Gasteiger partial charge in [0.2, 0.25) is 0 Å². The number of anilines is 2. The zero-order valence-electron chi connectivity index (χ0n) is 10.9. The van der Waals surface area contributed by atoms with Crippen molar-refractivity contribution in [2.24, 2.45) is 0 Å².